The van der Waals surface area contributed by atoms with Crippen LogP contribution in [-0.2, 0) is 6.42 Å². The summed E-state index contributed by atoms with van der Waals surface area (Å²) in [6.45, 7) is 5.83. The second-order valence-corrected chi connectivity index (χ2v) is 6.28. The highest BCUT2D eigenvalue weighted by atomic mass is 16.5. The molecule has 1 aromatic heterocycles. The minimum atomic E-state index is -0.0795. The van der Waals surface area contributed by atoms with Gasteiger partial charge < -0.3 is 9.84 Å². The van der Waals surface area contributed by atoms with Gasteiger partial charge in [-0.2, -0.15) is 0 Å². The van der Waals surface area contributed by atoms with Crippen molar-refractivity contribution < 1.29 is 9.32 Å². The van der Waals surface area contributed by atoms with Gasteiger partial charge in [-0.15, -0.1) is 0 Å². The number of rotatable bonds is 3. The fourth-order valence-corrected chi connectivity index (χ4v) is 3.19. The third-order valence-electron chi connectivity index (χ3n) is 4.32. The third kappa shape index (κ3) is 2.65. The van der Waals surface area contributed by atoms with Crippen molar-refractivity contribution in [1.82, 2.24) is 10.5 Å². The molecule has 0 unspecified atom stereocenters. The number of aromatic nitrogens is 1. The summed E-state index contributed by atoms with van der Waals surface area (Å²) < 4.78 is 5.33. The maximum Gasteiger partial charge on any atom is 0.257 e. The number of benzene rings is 1. The highest BCUT2D eigenvalue weighted by Gasteiger charge is 2.27. The second kappa shape index (κ2) is 5.95. The molecule has 0 bridgehead atoms. The zero-order chi connectivity index (χ0) is 15.7. The highest BCUT2D eigenvalue weighted by molar-refractivity contribution is 5.96. The highest BCUT2D eigenvalue weighted by Crippen LogP contribution is 2.30. The van der Waals surface area contributed by atoms with Crippen LogP contribution >= 0.6 is 0 Å². The first-order valence-electron chi connectivity index (χ1n) is 7.92. The predicted octanol–water partition coefficient (Wildman–Crippen LogP) is 3.91. The lowest BCUT2D eigenvalue weighted by Gasteiger charge is -2.26. The largest absolute Gasteiger partial charge is 0.360 e. The van der Waals surface area contributed by atoms with Crippen molar-refractivity contribution in [2.45, 2.75) is 52.0 Å². The Balaban J connectivity index is 1.86. The van der Waals surface area contributed by atoms with Gasteiger partial charge in [-0.05, 0) is 37.3 Å². The van der Waals surface area contributed by atoms with E-state index < -0.39 is 0 Å². The maximum absolute atomic E-state index is 12.7. The Morgan fingerprint density at radius 1 is 1.36 bits per heavy atom. The topological polar surface area (TPSA) is 55.1 Å². The van der Waals surface area contributed by atoms with Crippen LogP contribution in [0.25, 0.3) is 0 Å². The monoisotopic (exact) mass is 298 g/mol. The normalized spacial score (nSPS) is 17.4. The van der Waals surface area contributed by atoms with Gasteiger partial charge in [0.2, 0.25) is 0 Å². The van der Waals surface area contributed by atoms with Crippen molar-refractivity contribution in [3.8, 4) is 0 Å². The van der Waals surface area contributed by atoms with E-state index in [1.165, 1.54) is 11.1 Å². The molecule has 1 aliphatic carbocycles. The Labute approximate surface area is 130 Å². The standard InChI is InChI=1S/C18H22N2O2/c1-11(2)17-16(12(3)20-22-17)18(21)19-15-10-6-8-13-7-4-5-9-14(13)15/h4-5,7,9,11,15H,6,8,10H2,1-3H3,(H,19,21)/t15-/m1/s1. The molecule has 0 fully saturated rings. The van der Waals surface area contributed by atoms with Gasteiger partial charge in [0, 0.05) is 5.92 Å². The maximum atomic E-state index is 12.7. The molecule has 4 nitrogen and oxygen atoms in total. The van der Waals surface area contributed by atoms with E-state index in [0.29, 0.717) is 17.0 Å². The Morgan fingerprint density at radius 2 is 2.14 bits per heavy atom. The molecule has 3 rings (SSSR count). The summed E-state index contributed by atoms with van der Waals surface area (Å²) in [5.74, 6) is 0.726. The molecule has 2 aromatic rings. The van der Waals surface area contributed by atoms with Crippen molar-refractivity contribution in [2.75, 3.05) is 0 Å². The average molecular weight is 298 g/mol. The van der Waals surface area contributed by atoms with Crippen LogP contribution in [0.1, 0.15) is 71.6 Å². The van der Waals surface area contributed by atoms with Crippen LogP contribution in [0.2, 0.25) is 0 Å². The van der Waals surface area contributed by atoms with Crippen molar-refractivity contribution >= 4 is 5.91 Å². The third-order valence-corrected chi connectivity index (χ3v) is 4.32. The van der Waals surface area contributed by atoms with Crippen molar-refractivity contribution in [3.63, 3.8) is 0 Å². The summed E-state index contributed by atoms with van der Waals surface area (Å²) in [6, 6.07) is 8.44. The Hall–Kier alpha value is -2.10. The molecule has 0 saturated heterocycles. The number of nitrogens with zero attached hydrogens (tertiary/aromatic N) is 1. The van der Waals surface area contributed by atoms with E-state index in [4.69, 9.17) is 4.52 Å². The minimum Gasteiger partial charge on any atom is -0.360 e. The van der Waals surface area contributed by atoms with Gasteiger partial charge in [-0.3, -0.25) is 4.79 Å². The van der Waals surface area contributed by atoms with E-state index in [1.807, 2.05) is 26.8 Å². The Kier molecular flexibility index (Phi) is 4.01. The Morgan fingerprint density at radius 3 is 2.91 bits per heavy atom. The van der Waals surface area contributed by atoms with Gasteiger partial charge in [0.15, 0.2) is 5.76 Å². The summed E-state index contributed by atoms with van der Waals surface area (Å²) in [5, 5.41) is 7.14. The van der Waals surface area contributed by atoms with Crippen LogP contribution in [0.3, 0.4) is 0 Å². The lowest BCUT2D eigenvalue weighted by atomic mass is 9.87. The molecule has 0 radical (unpaired) electrons. The molecule has 0 aliphatic heterocycles. The second-order valence-electron chi connectivity index (χ2n) is 6.28. The molecular formula is C18H22N2O2. The lowest BCUT2D eigenvalue weighted by Crippen LogP contribution is -2.31. The fraction of sp³-hybridized carbons (Fsp3) is 0.444. The molecule has 1 aromatic carbocycles. The predicted molar refractivity (Wildman–Crippen MR) is 84.9 cm³/mol. The fourth-order valence-electron chi connectivity index (χ4n) is 3.19. The quantitative estimate of drug-likeness (QED) is 0.934. The van der Waals surface area contributed by atoms with Crippen LogP contribution in [0.5, 0.6) is 0 Å². The summed E-state index contributed by atoms with van der Waals surface area (Å²) in [6.07, 6.45) is 3.16. The molecule has 0 spiro atoms. The van der Waals surface area contributed by atoms with Crippen LogP contribution in [-0.4, -0.2) is 11.1 Å². The molecule has 0 saturated carbocycles. The van der Waals surface area contributed by atoms with E-state index >= 15 is 0 Å². The van der Waals surface area contributed by atoms with Gasteiger partial charge >= 0.3 is 0 Å². The molecule has 1 atom stereocenters. The number of aryl methyl sites for hydroxylation is 2. The van der Waals surface area contributed by atoms with E-state index in [-0.39, 0.29) is 17.9 Å². The van der Waals surface area contributed by atoms with E-state index in [0.717, 1.165) is 19.3 Å². The van der Waals surface area contributed by atoms with Gasteiger partial charge in [0.05, 0.1) is 11.7 Å². The summed E-state index contributed by atoms with van der Waals surface area (Å²) in [7, 11) is 0. The lowest BCUT2D eigenvalue weighted by molar-refractivity contribution is 0.0929. The summed E-state index contributed by atoms with van der Waals surface area (Å²) >= 11 is 0. The van der Waals surface area contributed by atoms with E-state index in [1.54, 1.807) is 0 Å². The van der Waals surface area contributed by atoms with Crippen LogP contribution < -0.4 is 5.32 Å². The molecule has 1 heterocycles. The molecule has 1 N–H and O–H groups in total. The number of amides is 1. The molecular weight excluding hydrogens is 276 g/mol. The average Bonchev–Trinajstić information content (AvgIpc) is 2.90. The van der Waals surface area contributed by atoms with Crippen LogP contribution in [0, 0.1) is 6.92 Å². The minimum absolute atomic E-state index is 0.0757. The summed E-state index contributed by atoms with van der Waals surface area (Å²) in [5.41, 5.74) is 3.83. The zero-order valence-electron chi connectivity index (χ0n) is 13.3. The number of hydrogen-bond acceptors (Lipinski definition) is 3. The van der Waals surface area contributed by atoms with Gasteiger partial charge in [-0.25, -0.2) is 0 Å². The van der Waals surface area contributed by atoms with Crippen LogP contribution in [0.4, 0.5) is 0 Å². The van der Waals surface area contributed by atoms with E-state index in [9.17, 15) is 4.79 Å². The van der Waals surface area contributed by atoms with Gasteiger partial charge in [-0.1, -0.05) is 43.3 Å². The molecule has 1 amide bonds. The van der Waals surface area contributed by atoms with Crippen molar-refractivity contribution in [1.29, 1.82) is 0 Å². The first-order valence-corrected chi connectivity index (χ1v) is 7.92. The number of carbonyl (C=O) groups is 1. The zero-order valence-corrected chi connectivity index (χ0v) is 13.3. The summed E-state index contributed by atoms with van der Waals surface area (Å²) in [4.78, 5) is 12.7. The molecule has 22 heavy (non-hydrogen) atoms. The SMILES string of the molecule is Cc1noc(C(C)C)c1C(=O)N[C@@H]1CCCc2ccccc21. The smallest absolute Gasteiger partial charge is 0.257 e. The van der Waals surface area contributed by atoms with Gasteiger partial charge in [0.1, 0.15) is 5.56 Å². The van der Waals surface area contributed by atoms with Crippen molar-refractivity contribution in [3.05, 3.63) is 52.4 Å². The first-order chi connectivity index (χ1) is 10.6. The number of hydrogen-bond donors (Lipinski definition) is 1. The molecule has 1 aliphatic rings. The molecule has 4 heteroatoms. The number of fused-ring (bicyclic) bond motifs is 1. The van der Waals surface area contributed by atoms with Gasteiger partial charge in [0.25, 0.3) is 5.91 Å². The number of nitrogens with one attached hydrogen (secondary N) is 1. The van der Waals surface area contributed by atoms with E-state index in [2.05, 4.69) is 28.7 Å². The van der Waals surface area contributed by atoms with Crippen LogP contribution in [0.15, 0.2) is 28.8 Å². The van der Waals surface area contributed by atoms with Crippen molar-refractivity contribution in [2.24, 2.45) is 0 Å². The Bertz CT molecular complexity index is 688. The first kappa shape index (κ1) is 14.8. The number of carbonyl (C=O) groups excluding carboxylic acids is 1. The molecule has 116 valence electrons.